The second-order valence-electron chi connectivity index (χ2n) is 8.28. The first-order valence-corrected chi connectivity index (χ1v) is 12.5. The van der Waals surface area contributed by atoms with Crippen LogP contribution in [-0.2, 0) is 16.1 Å². The van der Waals surface area contributed by atoms with Crippen molar-refractivity contribution in [2.75, 3.05) is 6.61 Å². The van der Waals surface area contributed by atoms with E-state index >= 15 is 0 Å². The first kappa shape index (κ1) is 26.4. The summed E-state index contributed by atoms with van der Waals surface area (Å²) in [6.07, 6.45) is 0.821. The molecule has 0 bridgehead atoms. The highest BCUT2D eigenvalue weighted by Crippen LogP contribution is 2.29. The third kappa shape index (κ3) is 7.62. The third-order valence-electron chi connectivity index (χ3n) is 5.38. The molecule has 7 heteroatoms. The lowest BCUT2D eigenvalue weighted by atomic mass is 10.0. The normalized spacial score (nSPS) is 12.9. The standard InChI is InChI=1S/C25H32Br2N2O3/c1-6-17(4)28-25(31)18(5)29(14-19-8-7-9-21(26)12-19)24(30)15-32-23-11-10-20(16(2)3)13-22(23)27/h7-13,16-18H,6,14-15H2,1-5H3,(H,28,31)/t17-,18-/m1/s1. The van der Waals surface area contributed by atoms with E-state index in [9.17, 15) is 9.59 Å². The summed E-state index contributed by atoms with van der Waals surface area (Å²) < 4.78 is 7.55. The van der Waals surface area contributed by atoms with Gasteiger partial charge in [-0.3, -0.25) is 9.59 Å². The van der Waals surface area contributed by atoms with Crippen LogP contribution >= 0.6 is 31.9 Å². The van der Waals surface area contributed by atoms with Crippen molar-refractivity contribution in [3.63, 3.8) is 0 Å². The summed E-state index contributed by atoms with van der Waals surface area (Å²) in [5.41, 5.74) is 2.11. The van der Waals surface area contributed by atoms with Crippen LogP contribution in [0.4, 0.5) is 0 Å². The van der Waals surface area contributed by atoms with Crippen molar-refractivity contribution >= 4 is 43.7 Å². The summed E-state index contributed by atoms with van der Waals surface area (Å²) in [6, 6.07) is 13.0. The molecule has 0 radical (unpaired) electrons. The minimum Gasteiger partial charge on any atom is -0.483 e. The minimum atomic E-state index is -0.633. The Labute approximate surface area is 208 Å². The van der Waals surface area contributed by atoms with Crippen molar-refractivity contribution in [1.29, 1.82) is 0 Å². The molecular formula is C25H32Br2N2O3. The molecule has 5 nitrogen and oxygen atoms in total. The Kier molecular flexibility index (Phi) is 10.2. The van der Waals surface area contributed by atoms with Crippen molar-refractivity contribution < 1.29 is 14.3 Å². The van der Waals surface area contributed by atoms with Crippen LogP contribution in [0.5, 0.6) is 5.75 Å². The molecule has 2 aromatic rings. The highest BCUT2D eigenvalue weighted by molar-refractivity contribution is 9.10. The van der Waals surface area contributed by atoms with Gasteiger partial charge >= 0.3 is 0 Å². The van der Waals surface area contributed by atoms with Gasteiger partial charge in [0.25, 0.3) is 5.91 Å². The van der Waals surface area contributed by atoms with Crippen molar-refractivity contribution in [2.45, 2.75) is 65.6 Å². The molecule has 0 aromatic heterocycles. The molecular weight excluding hydrogens is 536 g/mol. The lowest BCUT2D eigenvalue weighted by Crippen LogP contribution is -2.50. The van der Waals surface area contributed by atoms with E-state index in [0.29, 0.717) is 18.2 Å². The molecule has 0 heterocycles. The fourth-order valence-corrected chi connectivity index (χ4v) is 4.05. The molecule has 0 saturated carbocycles. The van der Waals surface area contributed by atoms with Crippen molar-refractivity contribution in [3.05, 3.63) is 62.5 Å². The highest BCUT2D eigenvalue weighted by atomic mass is 79.9. The van der Waals surface area contributed by atoms with E-state index in [4.69, 9.17) is 4.74 Å². The Morgan fingerprint density at radius 2 is 1.78 bits per heavy atom. The van der Waals surface area contributed by atoms with Gasteiger partial charge in [-0.2, -0.15) is 0 Å². The highest BCUT2D eigenvalue weighted by Gasteiger charge is 2.27. The molecule has 0 aliphatic rings. The molecule has 0 saturated heterocycles. The second-order valence-corrected chi connectivity index (χ2v) is 10.0. The van der Waals surface area contributed by atoms with Crippen LogP contribution in [0, 0.1) is 0 Å². The van der Waals surface area contributed by atoms with Crippen LogP contribution in [-0.4, -0.2) is 35.4 Å². The van der Waals surface area contributed by atoms with Crippen molar-refractivity contribution in [2.24, 2.45) is 0 Å². The molecule has 1 N–H and O–H groups in total. The predicted octanol–water partition coefficient (Wildman–Crippen LogP) is 6.05. The van der Waals surface area contributed by atoms with Gasteiger partial charge in [0.15, 0.2) is 6.61 Å². The molecule has 2 rings (SSSR count). The van der Waals surface area contributed by atoms with Gasteiger partial charge in [0.1, 0.15) is 11.8 Å². The molecule has 2 atom stereocenters. The number of carbonyl (C=O) groups excluding carboxylic acids is 2. The summed E-state index contributed by atoms with van der Waals surface area (Å²) in [7, 11) is 0. The number of halogens is 2. The number of nitrogens with zero attached hydrogens (tertiary/aromatic N) is 1. The number of hydrogen-bond acceptors (Lipinski definition) is 3. The van der Waals surface area contributed by atoms with E-state index in [-0.39, 0.29) is 24.5 Å². The van der Waals surface area contributed by atoms with Gasteiger partial charge in [-0.25, -0.2) is 0 Å². The average molecular weight is 568 g/mol. The van der Waals surface area contributed by atoms with Crippen LogP contribution < -0.4 is 10.1 Å². The van der Waals surface area contributed by atoms with Gasteiger partial charge in [0, 0.05) is 17.1 Å². The Bertz CT molecular complexity index is 933. The Hall–Kier alpha value is -1.86. The van der Waals surface area contributed by atoms with Crippen LogP contribution in [0.1, 0.15) is 58.1 Å². The van der Waals surface area contributed by atoms with E-state index in [1.54, 1.807) is 11.8 Å². The molecule has 174 valence electrons. The Morgan fingerprint density at radius 3 is 2.38 bits per heavy atom. The zero-order chi connectivity index (χ0) is 23.8. The first-order chi connectivity index (χ1) is 15.1. The largest absolute Gasteiger partial charge is 0.483 e. The average Bonchev–Trinajstić information content (AvgIpc) is 2.75. The molecule has 0 fully saturated rings. The van der Waals surface area contributed by atoms with E-state index in [2.05, 4.69) is 51.0 Å². The number of ether oxygens (including phenoxy) is 1. The number of carbonyl (C=O) groups is 2. The number of amides is 2. The Morgan fingerprint density at radius 1 is 1.06 bits per heavy atom. The Balaban J connectivity index is 2.18. The summed E-state index contributed by atoms with van der Waals surface area (Å²) in [4.78, 5) is 27.5. The maximum atomic E-state index is 13.2. The van der Waals surface area contributed by atoms with Crippen molar-refractivity contribution in [1.82, 2.24) is 10.2 Å². The molecule has 0 spiro atoms. The number of hydrogen-bond donors (Lipinski definition) is 1. The van der Waals surface area contributed by atoms with Crippen molar-refractivity contribution in [3.8, 4) is 5.75 Å². The fraction of sp³-hybridized carbons (Fsp3) is 0.440. The molecule has 0 aliphatic heterocycles. The number of rotatable bonds is 10. The zero-order valence-corrected chi connectivity index (χ0v) is 22.5. The van der Waals surface area contributed by atoms with E-state index in [1.807, 2.05) is 56.3 Å². The van der Waals surface area contributed by atoms with Gasteiger partial charge in [-0.15, -0.1) is 0 Å². The first-order valence-electron chi connectivity index (χ1n) is 10.9. The molecule has 2 aromatic carbocycles. The van der Waals surface area contributed by atoms with Gasteiger partial charge in [0.05, 0.1) is 4.47 Å². The summed E-state index contributed by atoms with van der Waals surface area (Å²) in [6.45, 7) is 10.1. The maximum Gasteiger partial charge on any atom is 0.261 e. The lowest BCUT2D eigenvalue weighted by molar-refractivity contribution is -0.142. The van der Waals surface area contributed by atoms with E-state index in [0.717, 1.165) is 20.9 Å². The van der Waals surface area contributed by atoms with Gasteiger partial charge < -0.3 is 15.0 Å². The summed E-state index contributed by atoms with van der Waals surface area (Å²) in [5, 5.41) is 2.97. The van der Waals surface area contributed by atoms with Crippen LogP contribution in [0.25, 0.3) is 0 Å². The topological polar surface area (TPSA) is 58.6 Å². The van der Waals surface area contributed by atoms with Crippen LogP contribution in [0.3, 0.4) is 0 Å². The smallest absolute Gasteiger partial charge is 0.261 e. The zero-order valence-electron chi connectivity index (χ0n) is 19.3. The SMILES string of the molecule is CC[C@@H](C)NC(=O)[C@@H](C)N(Cc1cccc(Br)c1)C(=O)COc1ccc(C(C)C)cc1Br. The minimum absolute atomic E-state index is 0.0412. The molecule has 0 aliphatic carbocycles. The van der Waals surface area contributed by atoms with Gasteiger partial charge in [0.2, 0.25) is 5.91 Å². The van der Waals surface area contributed by atoms with E-state index in [1.165, 1.54) is 5.56 Å². The quantitative estimate of drug-likeness (QED) is 0.380. The maximum absolute atomic E-state index is 13.2. The monoisotopic (exact) mass is 566 g/mol. The van der Waals surface area contributed by atoms with Crippen LogP contribution in [0.2, 0.25) is 0 Å². The molecule has 0 unspecified atom stereocenters. The molecule has 32 heavy (non-hydrogen) atoms. The third-order valence-corrected chi connectivity index (χ3v) is 6.50. The number of benzene rings is 2. The number of nitrogens with one attached hydrogen (secondary N) is 1. The fourth-order valence-electron chi connectivity index (χ4n) is 3.10. The van der Waals surface area contributed by atoms with Gasteiger partial charge in [-0.1, -0.05) is 54.9 Å². The second kappa shape index (κ2) is 12.4. The van der Waals surface area contributed by atoms with Crippen LogP contribution in [0.15, 0.2) is 51.4 Å². The molecule has 2 amide bonds. The van der Waals surface area contributed by atoms with E-state index < -0.39 is 6.04 Å². The lowest BCUT2D eigenvalue weighted by Gasteiger charge is -2.29. The summed E-state index contributed by atoms with van der Waals surface area (Å²) >= 11 is 7.00. The van der Waals surface area contributed by atoms with Gasteiger partial charge in [-0.05, 0) is 77.5 Å². The predicted molar refractivity (Wildman–Crippen MR) is 136 cm³/mol. The summed E-state index contributed by atoms with van der Waals surface area (Å²) in [5.74, 6) is 0.566.